The van der Waals surface area contributed by atoms with E-state index in [2.05, 4.69) is 26.5 Å². The van der Waals surface area contributed by atoms with Crippen LogP contribution in [0.3, 0.4) is 0 Å². The molecule has 0 spiro atoms. The highest BCUT2D eigenvalue weighted by molar-refractivity contribution is 8.45. The van der Waals surface area contributed by atoms with Gasteiger partial charge in [-0.05, 0) is 68.9 Å². The van der Waals surface area contributed by atoms with E-state index in [1.807, 2.05) is 11.8 Å². The average molecular weight is 737 g/mol. The number of carbonyl (C=O) groups is 2. The first-order chi connectivity index (χ1) is 23.9. The molecule has 1 aliphatic heterocycles. The number of fused-ring (bicyclic) bond motifs is 1. The minimum atomic E-state index is -9.90. The third-order valence-electron chi connectivity index (χ3n) is 9.14. The number of hydrogen-bond donors (Lipinski definition) is 2. The first-order valence-electron chi connectivity index (χ1n) is 16.5. The van der Waals surface area contributed by atoms with E-state index in [1.165, 1.54) is 15.7 Å². The van der Waals surface area contributed by atoms with E-state index in [-0.39, 0.29) is 73.4 Å². The molecule has 51 heavy (non-hydrogen) atoms. The summed E-state index contributed by atoms with van der Waals surface area (Å²) in [5.41, 5.74) is 2.25. The van der Waals surface area contributed by atoms with E-state index in [1.54, 1.807) is 17.6 Å². The number of anilines is 2. The van der Waals surface area contributed by atoms with Gasteiger partial charge in [-0.25, -0.2) is 9.97 Å². The summed E-state index contributed by atoms with van der Waals surface area (Å²) in [7, 11) is -9.90. The van der Waals surface area contributed by atoms with Crippen LogP contribution in [-0.4, -0.2) is 72.1 Å². The molecule has 2 aliphatic rings. The third kappa shape index (κ3) is 7.41. The van der Waals surface area contributed by atoms with Crippen molar-refractivity contribution in [2.45, 2.75) is 63.8 Å². The molecule has 2 amide bonds. The smallest absolute Gasteiger partial charge is 0.310 e. The Morgan fingerprint density at radius 3 is 2.35 bits per heavy atom. The minimum absolute atomic E-state index is 0.121. The average Bonchev–Trinajstić information content (AvgIpc) is 3.34. The lowest BCUT2D eigenvalue weighted by molar-refractivity contribution is -0.116. The van der Waals surface area contributed by atoms with Crippen molar-refractivity contribution in [1.29, 1.82) is 0 Å². The quantitative estimate of drug-likeness (QED) is 0.197. The number of nitrogens with one attached hydrogen (secondary N) is 1. The third-order valence-corrected chi connectivity index (χ3v) is 10.3. The van der Waals surface area contributed by atoms with Crippen molar-refractivity contribution in [2.75, 3.05) is 36.4 Å². The molecule has 0 radical (unpaired) electrons. The van der Waals surface area contributed by atoms with Gasteiger partial charge in [-0.3, -0.25) is 14.4 Å². The van der Waals surface area contributed by atoms with Gasteiger partial charge in [-0.2, -0.15) is 9.61 Å². The molecule has 0 atom stereocenters. The molecule has 18 heteroatoms. The number of rotatable bonds is 8. The molecule has 0 saturated carbocycles. The molecule has 2 N–H and O–H groups in total. The Labute approximate surface area is 289 Å². The number of hydrogen-bond acceptors (Lipinski definition) is 8. The molecular formula is C33H37F5N8O4S. The number of benzene rings is 1. The summed E-state index contributed by atoms with van der Waals surface area (Å²) in [6, 6.07) is 3.72. The normalized spacial score (nSPS) is 17.0. The van der Waals surface area contributed by atoms with Gasteiger partial charge < -0.3 is 24.8 Å². The van der Waals surface area contributed by atoms with Gasteiger partial charge in [0.1, 0.15) is 29.1 Å². The zero-order chi connectivity index (χ0) is 36.8. The summed E-state index contributed by atoms with van der Waals surface area (Å²) in [5.74, 6) is -1.47. The Morgan fingerprint density at radius 2 is 1.69 bits per heavy atom. The van der Waals surface area contributed by atoms with Crippen molar-refractivity contribution in [3.8, 4) is 5.75 Å². The summed E-state index contributed by atoms with van der Waals surface area (Å²) >= 11 is 0. The van der Waals surface area contributed by atoms with Crippen molar-refractivity contribution in [2.24, 2.45) is 0 Å². The molecule has 1 aliphatic carbocycles. The summed E-state index contributed by atoms with van der Waals surface area (Å²) in [6.07, 6.45) is 8.25. The summed E-state index contributed by atoms with van der Waals surface area (Å²) in [6.45, 7) is 3.83. The topological polar surface area (TPSA) is 138 Å². The van der Waals surface area contributed by atoms with Crippen LogP contribution < -0.4 is 15.8 Å². The number of aromatic hydroxyl groups is 1. The standard InChI is InChI=1S/C33H37F5N8O4S/c1-3-26-30(43-14-16-44(17-15-43)32(49)29-31(48)21(2)39-20-40-29)33(50)46-28(18-25(42-46)22-8-6-4-5-7-9-22)45(26)19-27(47)41-23-10-12-24(13-11-23)51(34,35,36,37)38/h8,10-13,18,20,48H,3-7,9,14-17,19H2,1-2H3,(H,41,47). The van der Waals surface area contributed by atoms with Gasteiger partial charge >= 0.3 is 10.2 Å². The van der Waals surface area contributed by atoms with E-state index in [0.717, 1.165) is 49.8 Å². The number of aromatic nitrogens is 5. The predicted molar refractivity (Wildman–Crippen MR) is 183 cm³/mol. The van der Waals surface area contributed by atoms with E-state index >= 15 is 0 Å². The molecule has 274 valence electrons. The van der Waals surface area contributed by atoms with Crippen LogP contribution in [0.5, 0.6) is 5.75 Å². The maximum atomic E-state index is 14.2. The Morgan fingerprint density at radius 1 is 0.980 bits per heavy atom. The number of nitrogens with zero attached hydrogens (tertiary/aromatic N) is 7. The Kier molecular flexibility index (Phi) is 8.88. The molecule has 0 unspecified atom stereocenters. The number of halogens is 5. The van der Waals surface area contributed by atoms with Gasteiger partial charge in [0.05, 0.1) is 11.4 Å². The van der Waals surface area contributed by atoms with Crippen LogP contribution in [0.25, 0.3) is 11.2 Å². The van der Waals surface area contributed by atoms with Crippen LogP contribution in [0.2, 0.25) is 0 Å². The fourth-order valence-electron chi connectivity index (χ4n) is 6.51. The molecular weight excluding hydrogens is 699 g/mol. The second kappa shape index (κ2) is 12.6. The summed E-state index contributed by atoms with van der Waals surface area (Å²) in [4.78, 5) is 50.0. The van der Waals surface area contributed by atoms with Crippen LogP contribution in [0, 0.1) is 6.92 Å². The molecule has 4 aromatic rings. The lowest BCUT2D eigenvalue weighted by atomic mass is 10.1. The van der Waals surface area contributed by atoms with Crippen LogP contribution >= 0.6 is 10.2 Å². The SMILES string of the molecule is CCc1c(N2CCN(C(=O)c3ncnc(C)c3O)CC2)c(=O)n2nc(C3=CCCCCC3)cc2n1CC(=O)Nc1ccc(S(F)(F)(F)(F)F)cc1. The fraction of sp³-hybridized carbons (Fsp3) is 0.394. The number of amides is 2. The van der Waals surface area contributed by atoms with Gasteiger partial charge in [0.15, 0.2) is 11.4 Å². The Balaban J connectivity index is 1.34. The molecule has 4 heterocycles. The van der Waals surface area contributed by atoms with Gasteiger partial charge in [0.25, 0.3) is 11.5 Å². The maximum Gasteiger partial charge on any atom is 0.310 e. The van der Waals surface area contributed by atoms with Crippen molar-refractivity contribution in [1.82, 2.24) is 29.0 Å². The van der Waals surface area contributed by atoms with Crippen LogP contribution in [0.15, 0.2) is 52.4 Å². The lowest BCUT2D eigenvalue weighted by Crippen LogP contribution is -2.51. The molecule has 1 fully saturated rings. The van der Waals surface area contributed by atoms with E-state index in [9.17, 15) is 38.9 Å². The number of allylic oxidation sites excluding steroid dienone is 2. The maximum absolute atomic E-state index is 14.2. The van der Waals surface area contributed by atoms with Crippen molar-refractivity contribution < 1.29 is 34.1 Å². The highest BCUT2D eigenvalue weighted by Gasteiger charge is 2.65. The summed E-state index contributed by atoms with van der Waals surface area (Å²) in [5, 5.41) is 17.5. The molecule has 1 aromatic carbocycles. The zero-order valence-electron chi connectivity index (χ0n) is 27.9. The first-order valence-corrected chi connectivity index (χ1v) is 18.4. The van der Waals surface area contributed by atoms with Gasteiger partial charge in [-0.15, -0.1) is 0 Å². The highest BCUT2D eigenvalue weighted by atomic mass is 32.5. The summed E-state index contributed by atoms with van der Waals surface area (Å²) < 4.78 is 69.1. The van der Waals surface area contributed by atoms with Gasteiger partial charge in [0, 0.05) is 43.6 Å². The largest absolute Gasteiger partial charge is 0.504 e. The molecule has 0 bridgehead atoms. The van der Waals surface area contributed by atoms with E-state index in [4.69, 9.17) is 0 Å². The van der Waals surface area contributed by atoms with E-state index in [0.29, 0.717) is 23.5 Å². The first kappa shape index (κ1) is 35.8. The Bertz CT molecular complexity index is 2110. The molecule has 6 rings (SSSR count). The zero-order valence-corrected chi connectivity index (χ0v) is 28.7. The number of aryl methyl sites for hydroxylation is 1. The van der Waals surface area contributed by atoms with Crippen molar-refractivity contribution in [3.63, 3.8) is 0 Å². The van der Waals surface area contributed by atoms with Crippen molar-refractivity contribution in [3.05, 3.63) is 75.9 Å². The lowest BCUT2D eigenvalue weighted by Gasteiger charge is -2.40. The molecule has 12 nitrogen and oxygen atoms in total. The van der Waals surface area contributed by atoms with Crippen LogP contribution in [0.4, 0.5) is 30.8 Å². The van der Waals surface area contributed by atoms with Crippen LogP contribution in [-0.2, 0) is 17.8 Å². The molecule has 1 saturated heterocycles. The Hall–Kier alpha value is -5.00. The minimum Gasteiger partial charge on any atom is -0.504 e. The monoisotopic (exact) mass is 736 g/mol. The van der Waals surface area contributed by atoms with Gasteiger partial charge in [-0.1, -0.05) is 38.8 Å². The second-order valence-electron chi connectivity index (χ2n) is 12.6. The predicted octanol–water partition coefficient (Wildman–Crippen LogP) is 6.47. The number of carbonyl (C=O) groups excluding carboxylic acids is 2. The van der Waals surface area contributed by atoms with Crippen molar-refractivity contribution >= 4 is 44.6 Å². The number of piperazine rings is 1. The highest BCUT2D eigenvalue weighted by Crippen LogP contribution is 3.02. The molecule has 3 aromatic heterocycles. The second-order valence-corrected chi connectivity index (χ2v) is 15.1. The fourth-order valence-corrected chi connectivity index (χ4v) is 7.16. The van der Waals surface area contributed by atoms with E-state index < -0.39 is 32.5 Å². The van der Waals surface area contributed by atoms with Crippen LogP contribution in [0.1, 0.15) is 66.6 Å². The van der Waals surface area contributed by atoms with Gasteiger partial charge in [0.2, 0.25) is 5.91 Å².